The van der Waals surface area contributed by atoms with Gasteiger partial charge in [-0.2, -0.15) is 0 Å². The molecule has 15 heavy (non-hydrogen) atoms. The Hall–Kier alpha value is 0.210. The zero-order valence-electron chi connectivity index (χ0n) is 9.80. The first kappa shape index (κ1) is 13.3. The summed E-state index contributed by atoms with van der Waals surface area (Å²) < 4.78 is 5.28. The molecule has 2 unspecified atom stereocenters. The Labute approximate surface area is 98.7 Å². The number of halogens is 1. The number of alkyl halides is 1. The van der Waals surface area contributed by atoms with Gasteiger partial charge < -0.3 is 10.1 Å². The van der Waals surface area contributed by atoms with E-state index in [9.17, 15) is 0 Å². The Morgan fingerprint density at radius 3 is 3.00 bits per heavy atom. The van der Waals surface area contributed by atoms with E-state index in [4.69, 9.17) is 16.3 Å². The second-order valence-electron chi connectivity index (χ2n) is 4.38. The van der Waals surface area contributed by atoms with Crippen molar-refractivity contribution < 1.29 is 4.74 Å². The minimum absolute atomic E-state index is 0.425. The van der Waals surface area contributed by atoms with E-state index in [0.717, 1.165) is 38.6 Å². The molecule has 1 aliphatic carbocycles. The molecule has 0 radical (unpaired) electrons. The van der Waals surface area contributed by atoms with Gasteiger partial charge in [-0.15, -0.1) is 11.6 Å². The minimum atomic E-state index is 0.425. The molecule has 0 amide bonds. The molecule has 0 spiro atoms. The molecule has 90 valence electrons. The van der Waals surface area contributed by atoms with Crippen molar-refractivity contribution >= 4 is 11.6 Å². The number of nitrogens with one attached hydrogen (secondary N) is 1. The van der Waals surface area contributed by atoms with Crippen LogP contribution in [-0.4, -0.2) is 31.7 Å². The van der Waals surface area contributed by atoms with Crippen molar-refractivity contribution in [2.45, 2.75) is 44.4 Å². The molecule has 1 rings (SSSR count). The zero-order chi connectivity index (χ0) is 10.9. The Morgan fingerprint density at radius 1 is 1.40 bits per heavy atom. The van der Waals surface area contributed by atoms with Crippen LogP contribution in [0.2, 0.25) is 0 Å². The number of hydrogen-bond donors (Lipinski definition) is 1. The van der Waals surface area contributed by atoms with Crippen LogP contribution < -0.4 is 5.32 Å². The lowest BCUT2D eigenvalue weighted by atomic mass is 9.89. The fourth-order valence-corrected chi connectivity index (χ4v) is 2.57. The minimum Gasteiger partial charge on any atom is -0.382 e. The van der Waals surface area contributed by atoms with Crippen LogP contribution in [0.4, 0.5) is 0 Å². The molecule has 0 aromatic carbocycles. The van der Waals surface area contributed by atoms with Gasteiger partial charge >= 0.3 is 0 Å². The topological polar surface area (TPSA) is 21.3 Å². The van der Waals surface area contributed by atoms with E-state index in [0.29, 0.717) is 5.38 Å². The summed E-state index contributed by atoms with van der Waals surface area (Å²) in [6.07, 6.45) is 6.18. The van der Waals surface area contributed by atoms with E-state index >= 15 is 0 Å². The van der Waals surface area contributed by atoms with Crippen LogP contribution >= 0.6 is 11.6 Å². The number of ether oxygens (including phenoxy) is 1. The van der Waals surface area contributed by atoms with E-state index < -0.39 is 0 Å². The molecule has 0 aliphatic heterocycles. The smallest absolute Gasteiger partial charge is 0.0477 e. The van der Waals surface area contributed by atoms with Crippen LogP contribution in [0.5, 0.6) is 0 Å². The SMILES string of the molecule is CCOCCCNCC1CCCC(Cl)C1. The molecule has 1 fully saturated rings. The molecule has 0 aromatic heterocycles. The number of hydrogen-bond acceptors (Lipinski definition) is 2. The van der Waals surface area contributed by atoms with E-state index in [1.54, 1.807) is 0 Å². The van der Waals surface area contributed by atoms with Crippen LogP contribution in [0.3, 0.4) is 0 Å². The molecule has 3 heteroatoms. The highest BCUT2D eigenvalue weighted by Crippen LogP contribution is 2.27. The lowest BCUT2D eigenvalue weighted by molar-refractivity contribution is 0.144. The van der Waals surface area contributed by atoms with Gasteiger partial charge in [-0.05, 0) is 51.6 Å². The van der Waals surface area contributed by atoms with E-state index in [1.165, 1.54) is 25.7 Å². The Morgan fingerprint density at radius 2 is 2.27 bits per heavy atom. The Balaban J connectivity index is 1.90. The molecule has 2 nitrogen and oxygen atoms in total. The maximum absolute atomic E-state index is 6.14. The third-order valence-corrected chi connectivity index (χ3v) is 3.39. The summed E-state index contributed by atoms with van der Waals surface area (Å²) in [6, 6.07) is 0. The summed E-state index contributed by atoms with van der Waals surface area (Å²) in [5, 5.41) is 3.92. The average Bonchev–Trinajstić information content (AvgIpc) is 2.23. The first-order valence-corrected chi connectivity index (χ1v) is 6.69. The fraction of sp³-hybridized carbons (Fsp3) is 1.00. The van der Waals surface area contributed by atoms with Crippen molar-refractivity contribution in [2.75, 3.05) is 26.3 Å². The van der Waals surface area contributed by atoms with Gasteiger partial charge in [0.05, 0.1) is 0 Å². The van der Waals surface area contributed by atoms with Crippen molar-refractivity contribution in [3.8, 4) is 0 Å². The van der Waals surface area contributed by atoms with Gasteiger partial charge in [-0.3, -0.25) is 0 Å². The van der Waals surface area contributed by atoms with Gasteiger partial charge in [0.25, 0.3) is 0 Å². The normalized spacial score (nSPS) is 26.8. The highest BCUT2D eigenvalue weighted by molar-refractivity contribution is 6.20. The second-order valence-corrected chi connectivity index (χ2v) is 5.00. The first-order chi connectivity index (χ1) is 7.33. The first-order valence-electron chi connectivity index (χ1n) is 6.25. The van der Waals surface area contributed by atoms with Crippen molar-refractivity contribution in [3.05, 3.63) is 0 Å². The van der Waals surface area contributed by atoms with E-state index in [-0.39, 0.29) is 0 Å². The summed E-state index contributed by atoms with van der Waals surface area (Å²) in [5.74, 6) is 0.799. The van der Waals surface area contributed by atoms with Crippen LogP contribution in [0.25, 0.3) is 0 Å². The molecule has 0 saturated heterocycles. The summed E-state index contributed by atoms with van der Waals surface area (Å²) in [7, 11) is 0. The van der Waals surface area contributed by atoms with Gasteiger partial charge in [0.15, 0.2) is 0 Å². The van der Waals surface area contributed by atoms with E-state index in [2.05, 4.69) is 5.32 Å². The Bertz CT molecular complexity index is 155. The molecule has 2 atom stereocenters. The van der Waals surface area contributed by atoms with Crippen molar-refractivity contribution in [3.63, 3.8) is 0 Å². The summed E-state index contributed by atoms with van der Waals surface area (Å²) in [5.41, 5.74) is 0. The molecule has 1 saturated carbocycles. The molecule has 0 bridgehead atoms. The van der Waals surface area contributed by atoms with Crippen LogP contribution in [-0.2, 0) is 4.74 Å². The Kier molecular flexibility index (Phi) is 7.41. The van der Waals surface area contributed by atoms with Crippen LogP contribution in [0.15, 0.2) is 0 Å². The third kappa shape index (κ3) is 6.39. The lowest BCUT2D eigenvalue weighted by Gasteiger charge is -2.25. The molecular weight excluding hydrogens is 210 g/mol. The molecule has 1 aliphatic rings. The quantitative estimate of drug-likeness (QED) is 0.540. The van der Waals surface area contributed by atoms with Crippen molar-refractivity contribution in [2.24, 2.45) is 5.92 Å². The van der Waals surface area contributed by atoms with Crippen LogP contribution in [0.1, 0.15) is 39.0 Å². The van der Waals surface area contributed by atoms with Gasteiger partial charge in [-0.25, -0.2) is 0 Å². The van der Waals surface area contributed by atoms with E-state index in [1.807, 2.05) is 6.92 Å². The van der Waals surface area contributed by atoms with Gasteiger partial charge in [-0.1, -0.05) is 6.42 Å². The average molecular weight is 234 g/mol. The number of rotatable bonds is 7. The van der Waals surface area contributed by atoms with Crippen LogP contribution in [0, 0.1) is 5.92 Å². The lowest BCUT2D eigenvalue weighted by Crippen LogP contribution is -2.28. The molecule has 0 aromatic rings. The summed E-state index contributed by atoms with van der Waals surface area (Å²) in [6.45, 7) is 5.96. The van der Waals surface area contributed by atoms with Gasteiger partial charge in [0, 0.05) is 18.6 Å². The highest BCUT2D eigenvalue weighted by atomic mass is 35.5. The summed E-state index contributed by atoms with van der Waals surface area (Å²) in [4.78, 5) is 0. The highest BCUT2D eigenvalue weighted by Gasteiger charge is 2.19. The van der Waals surface area contributed by atoms with Gasteiger partial charge in [0.2, 0.25) is 0 Å². The monoisotopic (exact) mass is 233 g/mol. The molecule has 0 heterocycles. The third-order valence-electron chi connectivity index (χ3n) is 3.00. The fourth-order valence-electron chi connectivity index (χ4n) is 2.16. The van der Waals surface area contributed by atoms with Crippen molar-refractivity contribution in [1.29, 1.82) is 0 Å². The molecular formula is C12H24ClNO. The second kappa shape index (κ2) is 8.37. The predicted molar refractivity (Wildman–Crippen MR) is 65.6 cm³/mol. The largest absolute Gasteiger partial charge is 0.382 e. The maximum atomic E-state index is 6.14. The standard InChI is InChI=1S/C12H24ClNO/c1-2-15-8-4-7-14-10-11-5-3-6-12(13)9-11/h11-12,14H,2-10H2,1H3. The predicted octanol–water partition coefficient (Wildman–Crippen LogP) is 2.80. The molecule has 1 N–H and O–H groups in total. The van der Waals surface area contributed by atoms with Crippen molar-refractivity contribution in [1.82, 2.24) is 5.32 Å². The summed E-state index contributed by atoms with van der Waals surface area (Å²) >= 11 is 6.14. The zero-order valence-corrected chi connectivity index (χ0v) is 10.6. The van der Waals surface area contributed by atoms with Gasteiger partial charge in [0.1, 0.15) is 0 Å². The maximum Gasteiger partial charge on any atom is 0.0477 e.